The Morgan fingerprint density at radius 1 is 1.62 bits per heavy atom. The number of aromatic hydroxyl groups is 1. The van der Waals surface area contributed by atoms with Gasteiger partial charge in [0.2, 0.25) is 5.95 Å². The van der Waals surface area contributed by atoms with Gasteiger partial charge < -0.3 is 9.84 Å². The van der Waals surface area contributed by atoms with E-state index in [1.54, 1.807) is 0 Å². The van der Waals surface area contributed by atoms with Gasteiger partial charge in [0, 0.05) is 0 Å². The molecule has 1 rings (SSSR count). The van der Waals surface area contributed by atoms with Crippen LogP contribution in [0.1, 0.15) is 17.7 Å². The van der Waals surface area contributed by atoms with Crippen molar-refractivity contribution in [3.8, 4) is 5.75 Å². The maximum Gasteiger partial charge on any atom is 0.311 e. The van der Waals surface area contributed by atoms with Crippen LogP contribution in [0, 0.1) is 5.95 Å². The maximum atomic E-state index is 13.0. The number of pyridine rings is 1. The van der Waals surface area contributed by atoms with E-state index in [9.17, 15) is 23.1 Å². The Morgan fingerprint density at radius 2 is 2.25 bits per heavy atom. The summed E-state index contributed by atoms with van der Waals surface area (Å²) in [6.07, 6.45) is -3.56. The van der Waals surface area contributed by atoms with Crippen LogP contribution in [-0.2, 0) is 16.0 Å². The van der Waals surface area contributed by atoms with Gasteiger partial charge in [-0.1, -0.05) is 0 Å². The van der Waals surface area contributed by atoms with Crippen LogP contribution in [0.25, 0.3) is 0 Å². The van der Waals surface area contributed by atoms with Crippen LogP contribution in [0.15, 0.2) is 6.07 Å². The molecule has 1 heterocycles. The van der Waals surface area contributed by atoms with Crippen molar-refractivity contribution in [2.24, 2.45) is 0 Å². The summed E-state index contributed by atoms with van der Waals surface area (Å²) in [4.78, 5) is 13.9. The third-order valence-electron chi connectivity index (χ3n) is 1.83. The van der Waals surface area contributed by atoms with E-state index in [-0.39, 0.29) is 5.69 Å². The number of methoxy groups -OCH3 is 1. The molecular formula is C9H8F3NO3. The molecule has 4 nitrogen and oxygen atoms in total. The van der Waals surface area contributed by atoms with Crippen LogP contribution < -0.4 is 0 Å². The molecule has 0 aliphatic rings. The van der Waals surface area contributed by atoms with E-state index < -0.39 is 36.1 Å². The molecule has 0 aromatic carbocycles. The van der Waals surface area contributed by atoms with Gasteiger partial charge >= 0.3 is 5.97 Å². The minimum atomic E-state index is -3.08. The Morgan fingerprint density at radius 3 is 2.75 bits per heavy atom. The zero-order valence-corrected chi connectivity index (χ0v) is 8.21. The van der Waals surface area contributed by atoms with Crippen molar-refractivity contribution in [2.45, 2.75) is 12.8 Å². The number of aromatic nitrogens is 1. The highest BCUT2D eigenvalue weighted by molar-refractivity contribution is 5.72. The van der Waals surface area contributed by atoms with Gasteiger partial charge in [-0.15, -0.1) is 0 Å². The lowest BCUT2D eigenvalue weighted by atomic mass is 10.2. The lowest BCUT2D eigenvalue weighted by molar-refractivity contribution is -0.139. The molecule has 0 fully saturated rings. The molecule has 1 N–H and O–H groups in total. The van der Waals surface area contributed by atoms with Gasteiger partial charge in [-0.3, -0.25) is 4.79 Å². The van der Waals surface area contributed by atoms with Gasteiger partial charge in [0.1, 0.15) is 5.75 Å². The van der Waals surface area contributed by atoms with E-state index in [1.165, 1.54) is 0 Å². The highest BCUT2D eigenvalue weighted by Gasteiger charge is 2.19. The van der Waals surface area contributed by atoms with E-state index in [1.807, 2.05) is 0 Å². The minimum absolute atomic E-state index is 0.339. The van der Waals surface area contributed by atoms with Crippen molar-refractivity contribution in [3.63, 3.8) is 0 Å². The van der Waals surface area contributed by atoms with Crippen LogP contribution in [0.2, 0.25) is 0 Å². The molecule has 0 radical (unpaired) electrons. The quantitative estimate of drug-likeness (QED) is 0.638. The zero-order chi connectivity index (χ0) is 12.3. The fourth-order valence-corrected chi connectivity index (χ4v) is 1.02. The van der Waals surface area contributed by atoms with Gasteiger partial charge in [-0.2, -0.15) is 4.39 Å². The molecule has 1 aromatic heterocycles. The molecule has 0 unspecified atom stereocenters. The third kappa shape index (κ3) is 2.62. The molecule has 0 amide bonds. The predicted octanol–water partition coefficient (Wildman–Crippen LogP) is 1.58. The van der Waals surface area contributed by atoms with E-state index in [2.05, 4.69) is 9.72 Å². The average molecular weight is 235 g/mol. The average Bonchev–Trinajstić information content (AvgIpc) is 2.22. The normalized spacial score (nSPS) is 10.6. The molecule has 0 saturated heterocycles. The number of alkyl halides is 2. The van der Waals surface area contributed by atoms with Crippen LogP contribution in [-0.4, -0.2) is 23.2 Å². The van der Waals surface area contributed by atoms with Crippen molar-refractivity contribution in [2.75, 3.05) is 7.11 Å². The standard InChI is InChI=1S/C9H8F3NO3/c1-16-7(15)3-5-6(14)2-4(8(10)11)9(12)13-5/h2,8,14H,3H2,1H3. The van der Waals surface area contributed by atoms with Crippen LogP contribution >= 0.6 is 0 Å². The molecule has 0 atom stereocenters. The second-order valence-electron chi connectivity index (χ2n) is 2.89. The van der Waals surface area contributed by atoms with Gasteiger partial charge in [-0.25, -0.2) is 13.8 Å². The largest absolute Gasteiger partial charge is 0.506 e. The predicted molar refractivity (Wildman–Crippen MR) is 46.5 cm³/mol. The van der Waals surface area contributed by atoms with E-state index in [4.69, 9.17) is 0 Å². The second kappa shape index (κ2) is 4.82. The topological polar surface area (TPSA) is 59.4 Å². The molecule has 0 saturated carbocycles. The number of carbonyl (C=O) groups is 1. The van der Waals surface area contributed by atoms with Crippen molar-refractivity contribution in [1.29, 1.82) is 0 Å². The fraction of sp³-hybridized carbons (Fsp3) is 0.333. The van der Waals surface area contributed by atoms with E-state index in [0.717, 1.165) is 7.11 Å². The summed E-state index contributed by atoms with van der Waals surface area (Å²) in [6.45, 7) is 0. The van der Waals surface area contributed by atoms with Crippen molar-refractivity contribution >= 4 is 5.97 Å². The molecule has 0 aliphatic heterocycles. The Bertz CT molecular complexity index is 409. The molecule has 1 aromatic rings. The third-order valence-corrected chi connectivity index (χ3v) is 1.83. The highest BCUT2D eigenvalue weighted by atomic mass is 19.3. The first-order valence-corrected chi connectivity index (χ1v) is 4.19. The number of nitrogens with zero attached hydrogens (tertiary/aromatic N) is 1. The number of rotatable bonds is 3. The molecule has 88 valence electrons. The smallest absolute Gasteiger partial charge is 0.311 e. The molecule has 7 heteroatoms. The van der Waals surface area contributed by atoms with E-state index in [0.29, 0.717) is 6.07 Å². The van der Waals surface area contributed by atoms with Crippen molar-refractivity contribution in [3.05, 3.63) is 23.3 Å². The molecule has 0 aliphatic carbocycles. The number of carbonyl (C=O) groups excluding carboxylic acids is 1. The van der Waals surface area contributed by atoms with Crippen molar-refractivity contribution in [1.82, 2.24) is 4.98 Å². The first-order chi connectivity index (χ1) is 7.45. The van der Waals surface area contributed by atoms with Gasteiger partial charge in [0.05, 0.1) is 24.8 Å². The summed E-state index contributed by atoms with van der Waals surface area (Å²) in [5, 5.41) is 9.24. The molecule has 16 heavy (non-hydrogen) atoms. The fourth-order valence-electron chi connectivity index (χ4n) is 1.02. The summed E-state index contributed by atoms with van der Waals surface area (Å²) in [7, 11) is 1.10. The second-order valence-corrected chi connectivity index (χ2v) is 2.89. The number of ether oxygens (including phenoxy) is 1. The number of halogens is 3. The monoisotopic (exact) mass is 235 g/mol. The van der Waals surface area contributed by atoms with Crippen LogP contribution in [0.4, 0.5) is 13.2 Å². The summed E-state index contributed by atoms with van der Waals surface area (Å²) in [6, 6.07) is 0.547. The Balaban J connectivity index is 3.05. The van der Waals surface area contributed by atoms with Gasteiger partial charge in [0.25, 0.3) is 6.43 Å². The Kier molecular flexibility index (Phi) is 3.70. The number of hydrogen-bond acceptors (Lipinski definition) is 4. The molecule has 0 bridgehead atoms. The van der Waals surface area contributed by atoms with Crippen LogP contribution in [0.3, 0.4) is 0 Å². The summed E-state index contributed by atoms with van der Waals surface area (Å²) >= 11 is 0. The summed E-state index contributed by atoms with van der Waals surface area (Å²) < 4.78 is 41.6. The highest BCUT2D eigenvalue weighted by Crippen LogP contribution is 2.26. The first-order valence-electron chi connectivity index (χ1n) is 4.19. The minimum Gasteiger partial charge on any atom is -0.506 e. The molecular weight excluding hydrogens is 227 g/mol. The zero-order valence-electron chi connectivity index (χ0n) is 8.21. The Hall–Kier alpha value is -1.79. The number of esters is 1. The van der Waals surface area contributed by atoms with Gasteiger partial charge in [-0.05, 0) is 6.07 Å². The lowest BCUT2D eigenvalue weighted by Gasteiger charge is -2.06. The summed E-state index contributed by atoms with van der Waals surface area (Å²) in [5.41, 5.74) is -1.35. The van der Waals surface area contributed by atoms with Crippen LogP contribution in [0.5, 0.6) is 5.75 Å². The van der Waals surface area contributed by atoms with Gasteiger partial charge in [0.15, 0.2) is 0 Å². The maximum absolute atomic E-state index is 13.0. The lowest BCUT2D eigenvalue weighted by Crippen LogP contribution is -2.08. The van der Waals surface area contributed by atoms with Crippen molar-refractivity contribution < 1.29 is 27.8 Å². The van der Waals surface area contributed by atoms with E-state index >= 15 is 0 Å². The molecule has 0 spiro atoms. The first kappa shape index (κ1) is 12.3. The Labute approximate surface area is 88.7 Å². The number of hydrogen-bond donors (Lipinski definition) is 1. The summed E-state index contributed by atoms with van der Waals surface area (Å²) in [5.74, 6) is -2.83. The SMILES string of the molecule is COC(=O)Cc1nc(F)c(C(F)F)cc1O.